The third-order valence-electron chi connectivity index (χ3n) is 3.69. The van der Waals surface area contributed by atoms with Crippen LogP contribution in [0, 0.1) is 19.7 Å². The van der Waals surface area contributed by atoms with Crippen LogP contribution in [0.5, 0.6) is 0 Å². The average molecular weight is 340 g/mol. The van der Waals surface area contributed by atoms with Crippen molar-refractivity contribution in [1.82, 2.24) is 15.1 Å². The summed E-state index contributed by atoms with van der Waals surface area (Å²) in [4.78, 5) is 0. The molecule has 0 aliphatic heterocycles. The zero-order valence-corrected chi connectivity index (χ0v) is 13.8. The summed E-state index contributed by atoms with van der Waals surface area (Å²) < 4.78 is 16.2. The van der Waals surface area contributed by atoms with Crippen molar-refractivity contribution in [2.24, 2.45) is 7.05 Å². The Kier molecular flexibility index (Phi) is 4.60. The fraction of sp³-hybridized carbons (Fsp3) is 0.400. The molecule has 1 heterocycles. The van der Waals surface area contributed by atoms with Crippen LogP contribution < -0.4 is 5.32 Å². The molecule has 1 aromatic heterocycles. The Morgan fingerprint density at radius 1 is 1.40 bits per heavy atom. The van der Waals surface area contributed by atoms with Gasteiger partial charge in [0.2, 0.25) is 0 Å². The van der Waals surface area contributed by atoms with Gasteiger partial charge in [-0.25, -0.2) is 4.39 Å². The number of hydrogen-bond acceptors (Lipinski definition) is 2. The highest BCUT2D eigenvalue weighted by Gasteiger charge is 2.20. The highest BCUT2D eigenvalue weighted by Crippen LogP contribution is 2.27. The van der Waals surface area contributed by atoms with E-state index in [2.05, 4.69) is 33.3 Å². The van der Waals surface area contributed by atoms with Gasteiger partial charge in [0.05, 0.1) is 5.69 Å². The van der Waals surface area contributed by atoms with Crippen LogP contribution >= 0.6 is 15.9 Å². The van der Waals surface area contributed by atoms with E-state index in [-0.39, 0.29) is 11.9 Å². The summed E-state index contributed by atoms with van der Waals surface area (Å²) in [6.45, 7) is 4.06. The van der Waals surface area contributed by atoms with Crippen molar-refractivity contribution in [2.45, 2.75) is 26.3 Å². The van der Waals surface area contributed by atoms with E-state index in [4.69, 9.17) is 0 Å². The SMILES string of the molecule is CNC(Cc1cc(F)ccc1Br)c1c(C)nn(C)c1C. The van der Waals surface area contributed by atoms with Crippen LogP contribution in [0.25, 0.3) is 0 Å². The third-order valence-corrected chi connectivity index (χ3v) is 4.47. The van der Waals surface area contributed by atoms with Gasteiger partial charge in [0, 0.05) is 28.8 Å². The molecule has 0 fully saturated rings. The van der Waals surface area contributed by atoms with E-state index in [1.165, 1.54) is 11.6 Å². The number of rotatable bonds is 4. The first kappa shape index (κ1) is 15.2. The summed E-state index contributed by atoms with van der Waals surface area (Å²) >= 11 is 3.49. The fourth-order valence-electron chi connectivity index (χ4n) is 2.56. The van der Waals surface area contributed by atoms with Gasteiger partial charge < -0.3 is 5.32 Å². The maximum Gasteiger partial charge on any atom is 0.123 e. The van der Waals surface area contributed by atoms with Crippen LogP contribution in [-0.2, 0) is 13.5 Å². The van der Waals surface area contributed by atoms with Gasteiger partial charge in [-0.2, -0.15) is 5.10 Å². The molecule has 0 radical (unpaired) electrons. The van der Waals surface area contributed by atoms with Gasteiger partial charge in [-0.05, 0) is 51.1 Å². The van der Waals surface area contributed by atoms with Crippen LogP contribution in [0.1, 0.15) is 28.6 Å². The second-order valence-electron chi connectivity index (χ2n) is 4.99. The molecule has 0 spiro atoms. The Morgan fingerprint density at radius 3 is 2.65 bits per heavy atom. The highest BCUT2D eigenvalue weighted by atomic mass is 79.9. The number of aromatic nitrogens is 2. The largest absolute Gasteiger partial charge is 0.313 e. The van der Waals surface area contributed by atoms with Crippen molar-refractivity contribution in [1.29, 1.82) is 0 Å². The minimum atomic E-state index is -0.210. The van der Waals surface area contributed by atoms with E-state index < -0.39 is 0 Å². The fourth-order valence-corrected chi connectivity index (χ4v) is 2.97. The second-order valence-corrected chi connectivity index (χ2v) is 5.84. The summed E-state index contributed by atoms with van der Waals surface area (Å²) in [5, 5.41) is 7.76. The molecule has 0 aliphatic carbocycles. The van der Waals surface area contributed by atoms with Gasteiger partial charge in [-0.3, -0.25) is 4.68 Å². The summed E-state index contributed by atoms with van der Waals surface area (Å²) in [6, 6.07) is 4.90. The van der Waals surface area contributed by atoms with Crippen LogP contribution in [0.3, 0.4) is 0 Å². The summed E-state index contributed by atoms with van der Waals surface area (Å²) in [5.74, 6) is -0.210. The number of hydrogen-bond donors (Lipinski definition) is 1. The van der Waals surface area contributed by atoms with Crippen LogP contribution in [0.15, 0.2) is 22.7 Å². The lowest BCUT2D eigenvalue weighted by molar-refractivity contribution is 0.576. The Balaban J connectivity index is 2.36. The van der Waals surface area contributed by atoms with Crippen molar-refractivity contribution in [3.05, 3.63) is 51.0 Å². The molecule has 2 rings (SSSR count). The van der Waals surface area contributed by atoms with E-state index in [9.17, 15) is 4.39 Å². The lowest BCUT2D eigenvalue weighted by Gasteiger charge is -2.18. The summed E-state index contributed by atoms with van der Waals surface area (Å²) in [7, 11) is 3.86. The molecule has 0 bridgehead atoms. The smallest absolute Gasteiger partial charge is 0.123 e. The topological polar surface area (TPSA) is 29.9 Å². The molecule has 3 nitrogen and oxygen atoms in total. The van der Waals surface area contributed by atoms with Gasteiger partial charge in [0.25, 0.3) is 0 Å². The average Bonchev–Trinajstić information content (AvgIpc) is 2.65. The first-order valence-corrected chi connectivity index (χ1v) is 7.34. The maximum absolute atomic E-state index is 13.4. The molecule has 1 N–H and O–H groups in total. The maximum atomic E-state index is 13.4. The molecular formula is C15H19BrFN3. The lowest BCUT2D eigenvalue weighted by atomic mass is 9.97. The van der Waals surface area contributed by atoms with Crippen molar-refractivity contribution in [3.63, 3.8) is 0 Å². The number of halogens is 2. The molecular weight excluding hydrogens is 321 g/mol. The molecule has 108 valence electrons. The quantitative estimate of drug-likeness (QED) is 0.924. The molecule has 1 aromatic carbocycles. The Hall–Kier alpha value is -1.20. The van der Waals surface area contributed by atoms with E-state index in [1.54, 1.807) is 12.1 Å². The highest BCUT2D eigenvalue weighted by molar-refractivity contribution is 9.10. The molecule has 0 amide bonds. The van der Waals surface area contributed by atoms with Crippen LogP contribution in [0.4, 0.5) is 4.39 Å². The molecule has 2 aromatic rings. The summed E-state index contributed by atoms with van der Waals surface area (Å²) in [6.07, 6.45) is 0.711. The molecule has 0 aliphatic rings. The molecule has 1 atom stereocenters. The first-order chi connectivity index (χ1) is 9.43. The number of benzene rings is 1. The zero-order chi connectivity index (χ0) is 14.9. The Morgan fingerprint density at radius 2 is 2.10 bits per heavy atom. The molecule has 1 unspecified atom stereocenters. The standard InChI is InChI=1S/C15H19BrFN3/c1-9-15(10(2)20(4)19-9)14(18-3)8-11-7-12(17)5-6-13(11)16/h5-7,14,18H,8H2,1-4H3. The van der Waals surface area contributed by atoms with E-state index in [0.29, 0.717) is 6.42 Å². The minimum Gasteiger partial charge on any atom is -0.313 e. The predicted molar refractivity (Wildman–Crippen MR) is 82.3 cm³/mol. The number of nitrogens with zero attached hydrogens (tertiary/aromatic N) is 2. The zero-order valence-electron chi connectivity index (χ0n) is 12.2. The van der Waals surface area contributed by atoms with Crippen molar-refractivity contribution < 1.29 is 4.39 Å². The van der Waals surface area contributed by atoms with Gasteiger partial charge >= 0.3 is 0 Å². The van der Waals surface area contributed by atoms with E-state index in [0.717, 1.165) is 21.4 Å². The van der Waals surface area contributed by atoms with Crippen molar-refractivity contribution >= 4 is 15.9 Å². The lowest BCUT2D eigenvalue weighted by Crippen LogP contribution is -2.20. The van der Waals surface area contributed by atoms with Crippen LogP contribution in [-0.4, -0.2) is 16.8 Å². The molecule has 5 heteroatoms. The minimum absolute atomic E-state index is 0.113. The van der Waals surface area contributed by atoms with Gasteiger partial charge in [0.15, 0.2) is 0 Å². The number of aryl methyl sites for hydroxylation is 2. The number of nitrogens with one attached hydrogen (secondary N) is 1. The van der Waals surface area contributed by atoms with Crippen LogP contribution in [0.2, 0.25) is 0 Å². The third kappa shape index (κ3) is 2.94. The normalized spacial score (nSPS) is 12.7. The van der Waals surface area contributed by atoms with Gasteiger partial charge in [0.1, 0.15) is 5.82 Å². The molecule has 0 saturated heterocycles. The monoisotopic (exact) mass is 339 g/mol. The van der Waals surface area contributed by atoms with Crippen molar-refractivity contribution in [3.8, 4) is 0 Å². The van der Waals surface area contributed by atoms with E-state index in [1.807, 2.05) is 25.7 Å². The summed E-state index contributed by atoms with van der Waals surface area (Å²) in [5.41, 5.74) is 4.28. The Bertz CT molecular complexity index is 622. The van der Waals surface area contributed by atoms with Crippen molar-refractivity contribution in [2.75, 3.05) is 7.05 Å². The number of likely N-dealkylation sites (N-methyl/N-ethyl adjacent to an activating group) is 1. The molecule has 0 saturated carbocycles. The first-order valence-electron chi connectivity index (χ1n) is 6.55. The second kappa shape index (κ2) is 6.06. The van der Waals surface area contributed by atoms with E-state index >= 15 is 0 Å². The predicted octanol–water partition coefficient (Wildman–Crippen LogP) is 3.44. The molecule has 20 heavy (non-hydrogen) atoms. The van der Waals surface area contributed by atoms with Gasteiger partial charge in [-0.1, -0.05) is 15.9 Å². The van der Waals surface area contributed by atoms with Gasteiger partial charge in [-0.15, -0.1) is 0 Å². The Labute approximate surface area is 127 Å².